The van der Waals surface area contributed by atoms with E-state index in [2.05, 4.69) is 9.72 Å². The lowest BCUT2D eigenvalue weighted by Gasteiger charge is -2.03. The van der Waals surface area contributed by atoms with Crippen molar-refractivity contribution in [3.8, 4) is 0 Å². The fraction of sp³-hybridized carbons (Fsp3) is 0.111. The van der Waals surface area contributed by atoms with Crippen LogP contribution in [0.15, 0.2) is 18.3 Å². The van der Waals surface area contributed by atoms with Crippen molar-refractivity contribution in [3.63, 3.8) is 0 Å². The van der Waals surface area contributed by atoms with Crippen molar-refractivity contribution in [1.29, 1.82) is 0 Å². The number of hydrogen-bond acceptors (Lipinski definition) is 4. The molecule has 0 aliphatic carbocycles. The van der Waals surface area contributed by atoms with Gasteiger partial charge in [-0.1, -0.05) is 11.6 Å². The van der Waals surface area contributed by atoms with Gasteiger partial charge in [0.05, 0.1) is 7.11 Å². The van der Waals surface area contributed by atoms with Crippen LogP contribution in [0.3, 0.4) is 0 Å². The van der Waals surface area contributed by atoms with Gasteiger partial charge in [-0.25, -0.2) is 9.78 Å². The largest absolute Gasteiger partial charge is 0.465 e. The average molecular weight is 226 g/mol. The first kappa shape index (κ1) is 9.79. The van der Waals surface area contributed by atoms with Crippen LogP contribution in [0.25, 0.3) is 5.65 Å². The number of ether oxygens (including phenoxy) is 1. The third-order valence-electron chi connectivity index (χ3n) is 2.02. The zero-order valence-electron chi connectivity index (χ0n) is 7.90. The van der Waals surface area contributed by atoms with Gasteiger partial charge in [0.1, 0.15) is 16.5 Å². The topological polar surface area (TPSA) is 69.6 Å². The van der Waals surface area contributed by atoms with Crippen LogP contribution < -0.4 is 5.73 Å². The number of anilines is 1. The minimum atomic E-state index is -0.470. The number of pyridine rings is 1. The normalized spacial score (nSPS) is 10.5. The molecule has 78 valence electrons. The molecule has 2 heterocycles. The van der Waals surface area contributed by atoms with Gasteiger partial charge in [-0.2, -0.15) is 0 Å². The van der Waals surface area contributed by atoms with Crippen LogP contribution >= 0.6 is 11.6 Å². The minimum absolute atomic E-state index is 0.276. The van der Waals surface area contributed by atoms with Gasteiger partial charge in [-0.15, -0.1) is 0 Å². The Labute approximate surface area is 90.4 Å². The molecule has 5 nitrogen and oxygen atoms in total. The summed E-state index contributed by atoms with van der Waals surface area (Å²) in [4.78, 5) is 15.4. The number of hydrogen-bond donors (Lipinski definition) is 1. The van der Waals surface area contributed by atoms with Gasteiger partial charge >= 0.3 is 5.97 Å². The zero-order chi connectivity index (χ0) is 11.0. The monoisotopic (exact) mass is 225 g/mol. The predicted molar refractivity (Wildman–Crippen MR) is 56.0 cm³/mol. The Hall–Kier alpha value is -1.75. The van der Waals surface area contributed by atoms with Crippen LogP contribution in [0.4, 0.5) is 5.82 Å². The molecule has 0 amide bonds. The summed E-state index contributed by atoms with van der Waals surface area (Å²) >= 11 is 5.74. The van der Waals surface area contributed by atoms with E-state index < -0.39 is 5.97 Å². The first-order valence-electron chi connectivity index (χ1n) is 4.15. The Morgan fingerprint density at radius 3 is 3.00 bits per heavy atom. The highest BCUT2D eigenvalue weighted by Gasteiger charge is 2.14. The molecule has 0 spiro atoms. The Kier molecular flexibility index (Phi) is 2.24. The number of methoxy groups -OCH3 is 1. The van der Waals surface area contributed by atoms with E-state index in [1.54, 1.807) is 18.3 Å². The van der Waals surface area contributed by atoms with Crippen molar-refractivity contribution in [3.05, 3.63) is 29.0 Å². The number of imidazole rings is 1. The minimum Gasteiger partial charge on any atom is -0.465 e. The van der Waals surface area contributed by atoms with Crippen LogP contribution in [0, 0.1) is 0 Å². The molecule has 0 aromatic carbocycles. The second kappa shape index (κ2) is 3.43. The molecule has 0 aliphatic rings. The molecule has 2 N–H and O–H groups in total. The van der Waals surface area contributed by atoms with E-state index in [0.29, 0.717) is 17.0 Å². The highest BCUT2D eigenvalue weighted by atomic mass is 35.5. The number of nitrogens with two attached hydrogens (primary N) is 1. The van der Waals surface area contributed by atoms with Crippen molar-refractivity contribution in [2.45, 2.75) is 0 Å². The third-order valence-corrected chi connectivity index (χ3v) is 2.20. The lowest BCUT2D eigenvalue weighted by Crippen LogP contribution is -2.06. The molecule has 0 fully saturated rings. The standard InChI is InChI=1S/C9H8ClN3O2/c1-15-9(14)5-2-3-7(11)13-4-6(10)12-8(5)13/h2-4H,11H2,1H3. The average Bonchev–Trinajstić information content (AvgIpc) is 2.60. The van der Waals surface area contributed by atoms with Gasteiger partial charge in [-0.3, -0.25) is 4.40 Å². The first-order valence-corrected chi connectivity index (χ1v) is 4.52. The number of nitrogen functional groups attached to an aromatic ring is 1. The van der Waals surface area contributed by atoms with Crippen molar-refractivity contribution in [2.24, 2.45) is 0 Å². The van der Waals surface area contributed by atoms with Crippen molar-refractivity contribution in [2.75, 3.05) is 12.8 Å². The summed E-state index contributed by atoms with van der Waals surface area (Å²) in [6, 6.07) is 3.15. The van der Waals surface area contributed by atoms with Crippen molar-refractivity contribution in [1.82, 2.24) is 9.38 Å². The number of carbonyl (C=O) groups is 1. The van der Waals surface area contributed by atoms with Crippen molar-refractivity contribution >= 4 is 29.0 Å². The maximum absolute atomic E-state index is 11.4. The summed E-state index contributed by atoms with van der Waals surface area (Å²) in [5, 5.41) is 0.276. The number of aromatic nitrogens is 2. The van der Waals surface area contributed by atoms with E-state index >= 15 is 0 Å². The Bertz CT molecular complexity index is 535. The van der Waals surface area contributed by atoms with Crippen LogP contribution in [0.1, 0.15) is 10.4 Å². The molecular formula is C9H8ClN3O2. The van der Waals surface area contributed by atoms with Gasteiger partial charge in [0.15, 0.2) is 5.65 Å². The lowest BCUT2D eigenvalue weighted by atomic mass is 10.2. The van der Waals surface area contributed by atoms with Gasteiger partial charge in [-0.05, 0) is 12.1 Å². The van der Waals surface area contributed by atoms with Gasteiger partial charge in [0.25, 0.3) is 0 Å². The van der Waals surface area contributed by atoms with Crippen LogP contribution in [-0.4, -0.2) is 22.5 Å². The molecule has 0 bridgehead atoms. The summed E-state index contributed by atoms with van der Waals surface area (Å²) < 4.78 is 6.15. The summed E-state index contributed by atoms with van der Waals surface area (Å²) in [6.45, 7) is 0. The highest BCUT2D eigenvalue weighted by Crippen LogP contribution is 2.18. The second-order valence-electron chi connectivity index (χ2n) is 2.92. The number of halogens is 1. The molecule has 2 aromatic rings. The Morgan fingerprint density at radius 2 is 2.33 bits per heavy atom. The van der Waals surface area contributed by atoms with E-state index in [-0.39, 0.29) is 5.15 Å². The van der Waals surface area contributed by atoms with Gasteiger partial charge in [0.2, 0.25) is 0 Å². The summed E-state index contributed by atoms with van der Waals surface area (Å²) in [5.41, 5.74) is 6.42. The fourth-order valence-electron chi connectivity index (χ4n) is 1.33. The number of nitrogens with zero attached hydrogens (tertiary/aromatic N) is 2. The zero-order valence-corrected chi connectivity index (χ0v) is 8.65. The molecule has 0 saturated carbocycles. The summed E-state index contributed by atoms with van der Waals surface area (Å²) in [6.07, 6.45) is 1.54. The first-order chi connectivity index (χ1) is 7.13. The van der Waals surface area contributed by atoms with E-state index in [4.69, 9.17) is 17.3 Å². The van der Waals surface area contributed by atoms with Crippen LogP contribution in [0.5, 0.6) is 0 Å². The van der Waals surface area contributed by atoms with Crippen LogP contribution in [-0.2, 0) is 4.74 Å². The van der Waals surface area contributed by atoms with Gasteiger partial charge in [0, 0.05) is 6.20 Å². The predicted octanol–water partition coefficient (Wildman–Crippen LogP) is 1.36. The van der Waals surface area contributed by atoms with E-state index in [1.165, 1.54) is 11.5 Å². The summed E-state index contributed by atoms with van der Waals surface area (Å²) in [7, 11) is 1.31. The molecule has 2 rings (SSSR count). The molecule has 6 heteroatoms. The van der Waals surface area contributed by atoms with Crippen molar-refractivity contribution < 1.29 is 9.53 Å². The molecule has 15 heavy (non-hydrogen) atoms. The maximum Gasteiger partial charge on any atom is 0.341 e. The van der Waals surface area contributed by atoms with Gasteiger partial charge < -0.3 is 10.5 Å². The molecule has 0 atom stereocenters. The Balaban J connectivity index is 2.76. The van der Waals surface area contributed by atoms with E-state index in [9.17, 15) is 4.79 Å². The maximum atomic E-state index is 11.4. The quantitative estimate of drug-likeness (QED) is 0.744. The molecule has 0 radical (unpaired) electrons. The number of rotatable bonds is 1. The molecule has 0 aliphatic heterocycles. The smallest absolute Gasteiger partial charge is 0.341 e. The molecular weight excluding hydrogens is 218 g/mol. The lowest BCUT2D eigenvalue weighted by molar-refractivity contribution is 0.0602. The fourth-order valence-corrected chi connectivity index (χ4v) is 1.51. The number of fused-ring (bicyclic) bond motifs is 1. The van der Waals surface area contributed by atoms with E-state index in [1.807, 2.05) is 0 Å². The molecule has 0 unspecified atom stereocenters. The van der Waals surface area contributed by atoms with E-state index in [0.717, 1.165) is 0 Å². The Morgan fingerprint density at radius 1 is 1.60 bits per heavy atom. The molecule has 2 aromatic heterocycles. The SMILES string of the molecule is COC(=O)c1ccc(N)n2cc(Cl)nc12. The third kappa shape index (κ3) is 1.50. The summed E-state index contributed by atoms with van der Waals surface area (Å²) in [5.74, 6) is -0.0145. The highest BCUT2D eigenvalue weighted by molar-refractivity contribution is 6.29. The number of esters is 1. The second-order valence-corrected chi connectivity index (χ2v) is 3.31. The number of carbonyl (C=O) groups excluding carboxylic acids is 1. The molecule has 0 saturated heterocycles. The van der Waals surface area contributed by atoms with Crippen LogP contribution in [0.2, 0.25) is 5.15 Å².